The van der Waals surface area contributed by atoms with Crippen LogP contribution in [0.5, 0.6) is 0 Å². The van der Waals surface area contributed by atoms with E-state index in [9.17, 15) is 4.79 Å². The van der Waals surface area contributed by atoms with Crippen molar-refractivity contribution in [1.82, 2.24) is 19.9 Å². The number of anilines is 1. The molecule has 1 atom stereocenters. The second-order valence-corrected chi connectivity index (χ2v) is 6.76. The first kappa shape index (κ1) is 16.6. The number of hydrogen-bond donors (Lipinski definition) is 0. The first-order valence-electron chi connectivity index (χ1n) is 8.28. The van der Waals surface area contributed by atoms with E-state index < -0.39 is 0 Å². The highest BCUT2D eigenvalue weighted by Gasteiger charge is 2.35. The Morgan fingerprint density at radius 2 is 1.77 bits per heavy atom. The lowest BCUT2D eigenvalue weighted by atomic mass is 10.1. The minimum absolute atomic E-state index is 0.0237. The average Bonchev–Trinajstić information content (AvgIpc) is 3.10. The van der Waals surface area contributed by atoms with E-state index in [-0.39, 0.29) is 12.1 Å². The number of carbonyl (C=O) groups is 1. The summed E-state index contributed by atoms with van der Waals surface area (Å²) in [5.74, 6) is -0.0237. The maximum atomic E-state index is 12.7. The van der Waals surface area contributed by atoms with E-state index in [0.29, 0.717) is 22.8 Å². The molecule has 0 spiro atoms. The van der Waals surface area contributed by atoms with Crippen molar-refractivity contribution < 1.29 is 4.79 Å². The molecule has 0 aliphatic carbocycles. The number of amides is 1. The third kappa shape index (κ3) is 2.72. The summed E-state index contributed by atoms with van der Waals surface area (Å²) in [6.07, 6.45) is 1.56. The predicted molar refractivity (Wildman–Crippen MR) is 100 cm³/mol. The van der Waals surface area contributed by atoms with E-state index >= 15 is 0 Å². The van der Waals surface area contributed by atoms with Crippen molar-refractivity contribution in [1.29, 1.82) is 0 Å². The van der Waals surface area contributed by atoms with Crippen LogP contribution in [0.2, 0.25) is 5.02 Å². The maximum absolute atomic E-state index is 12.7. The molecule has 26 heavy (non-hydrogen) atoms. The number of para-hydroxylation sites is 1. The highest BCUT2D eigenvalue weighted by atomic mass is 35.5. The molecule has 7 heteroatoms. The summed E-state index contributed by atoms with van der Waals surface area (Å²) in [4.78, 5) is 16.4. The fraction of sp³-hybridized carbons (Fsp3) is 0.211. The van der Waals surface area contributed by atoms with Gasteiger partial charge in [-0.25, -0.2) is 4.68 Å². The van der Waals surface area contributed by atoms with E-state index in [1.54, 1.807) is 16.6 Å². The minimum atomic E-state index is -0.308. The van der Waals surface area contributed by atoms with E-state index in [1.807, 2.05) is 66.7 Å². The van der Waals surface area contributed by atoms with Crippen LogP contribution in [0.4, 0.5) is 5.69 Å². The van der Waals surface area contributed by atoms with Gasteiger partial charge in [-0.1, -0.05) is 47.1 Å². The average molecular weight is 368 g/mol. The molecule has 1 unspecified atom stereocenters. The second kappa shape index (κ2) is 6.46. The number of halogens is 1. The van der Waals surface area contributed by atoms with E-state index in [1.165, 1.54) is 0 Å². The van der Waals surface area contributed by atoms with Crippen LogP contribution in [0.25, 0.3) is 0 Å². The molecule has 0 radical (unpaired) electrons. The van der Waals surface area contributed by atoms with Crippen LogP contribution in [0.1, 0.15) is 27.8 Å². The molecule has 6 nitrogen and oxygen atoms in total. The lowest BCUT2D eigenvalue weighted by Gasteiger charge is -2.40. The van der Waals surface area contributed by atoms with Crippen molar-refractivity contribution in [3.05, 3.63) is 76.6 Å². The highest BCUT2D eigenvalue weighted by Crippen LogP contribution is 2.35. The number of rotatable bonds is 3. The van der Waals surface area contributed by atoms with Crippen molar-refractivity contribution in [2.45, 2.75) is 12.7 Å². The van der Waals surface area contributed by atoms with Crippen LogP contribution in [0.3, 0.4) is 0 Å². The Labute approximate surface area is 156 Å². The largest absolute Gasteiger partial charge is 0.348 e. The number of benzene rings is 2. The smallest absolute Gasteiger partial charge is 0.257 e. The third-order valence-corrected chi connectivity index (χ3v) is 5.05. The summed E-state index contributed by atoms with van der Waals surface area (Å²) in [5.41, 5.74) is 3.26. The van der Waals surface area contributed by atoms with Gasteiger partial charge in [-0.2, -0.15) is 0 Å². The summed E-state index contributed by atoms with van der Waals surface area (Å²) < 4.78 is 1.74. The van der Waals surface area contributed by atoms with Crippen LogP contribution in [0.15, 0.2) is 54.7 Å². The molecule has 1 aromatic heterocycles. The fourth-order valence-corrected chi connectivity index (χ4v) is 3.56. The van der Waals surface area contributed by atoms with Crippen molar-refractivity contribution in [3.8, 4) is 0 Å². The Kier molecular flexibility index (Phi) is 4.12. The zero-order chi connectivity index (χ0) is 18.3. The molecule has 2 aromatic carbocycles. The zero-order valence-electron chi connectivity index (χ0n) is 14.5. The van der Waals surface area contributed by atoms with Gasteiger partial charge in [0.05, 0.1) is 24.0 Å². The molecule has 2 heterocycles. The van der Waals surface area contributed by atoms with Gasteiger partial charge in [-0.05, 0) is 23.8 Å². The van der Waals surface area contributed by atoms with E-state index in [2.05, 4.69) is 10.3 Å². The van der Waals surface area contributed by atoms with Gasteiger partial charge < -0.3 is 9.80 Å². The van der Waals surface area contributed by atoms with Gasteiger partial charge in [0.2, 0.25) is 0 Å². The quantitative estimate of drug-likeness (QED) is 0.713. The van der Waals surface area contributed by atoms with Crippen LogP contribution < -0.4 is 4.90 Å². The summed E-state index contributed by atoms with van der Waals surface area (Å²) in [6, 6.07) is 15.2. The molecular formula is C19H18ClN5O. The molecule has 3 aromatic rings. The Morgan fingerprint density at radius 3 is 2.58 bits per heavy atom. The maximum Gasteiger partial charge on any atom is 0.257 e. The van der Waals surface area contributed by atoms with Crippen LogP contribution in [0, 0.1) is 0 Å². The standard InChI is InChI=1S/C19H18ClN5O/c1-23-17-10-6-4-8-14(17)19(26)24(2)18(23)16-12-25(22-21-16)11-13-7-3-5-9-15(13)20/h3-10,12,18H,11H2,1-2H3. The Balaban J connectivity index is 1.65. The number of carbonyl (C=O) groups excluding carboxylic acids is 1. The van der Waals surface area contributed by atoms with Crippen LogP contribution in [-0.4, -0.2) is 39.9 Å². The van der Waals surface area contributed by atoms with Crippen molar-refractivity contribution in [2.75, 3.05) is 19.0 Å². The molecule has 1 amide bonds. The first-order chi connectivity index (χ1) is 12.6. The number of hydrogen-bond acceptors (Lipinski definition) is 4. The molecule has 4 rings (SSSR count). The second-order valence-electron chi connectivity index (χ2n) is 6.35. The monoisotopic (exact) mass is 367 g/mol. The minimum Gasteiger partial charge on any atom is -0.348 e. The van der Waals surface area contributed by atoms with Crippen molar-refractivity contribution >= 4 is 23.2 Å². The van der Waals surface area contributed by atoms with E-state index in [4.69, 9.17) is 11.6 Å². The lowest BCUT2D eigenvalue weighted by Crippen LogP contribution is -2.45. The van der Waals surface area contributed by atoms with E-state index in [0.717, 1.165) is 11.3 Å². The van der Waals surface area contributed by atoms with Gasteiger partial charge in [-0.3, -0.25) is 4.79 Å². The Morgan fingerprint density at radius 1 is 1.04 bits per heavy atom. The Hall–Kier alpha value is -2.86. The predicted octanol–water partition coefficient (Wildman–Crippen LogP) is 3.20. The molecule has 0 N–H and O–H groups in total. The normalized spacial score (nSPS) is 16.7. The van der Waals surface area contributed by atoms with Gasteiger partial charge >= 0.3 is 0 Å². The molecule has 0 fully saturated rings. The SMILES string of the molecule is CN1C(=O)c2ccccc2N(C)C1c1cn(Cc2ccccc2Cl)nn1. The summed E-state index contributed by atoms with van der Waals surface area (Å²) in [5, 5.41) is 9.22. The molecule has 0 saturated carbocycles. The van der Waals surface area contributed by atoms with Gasteiger partial charge in [-0.15, -0.1) is 5.10 Å². The van der Waals surface area contributed by atoms with Gasteiger partial charge in [0.1, 0.15) is 5.69 Å². The van der Waals surface area contributed by atoms with Crippen LogP contribution >= 0.6 is 11.6 Å². The highest BCUT2D eigenvalue weighted by molar-refractivity contribution is 6.31. The molecule has 0 bridgehead atoms. The molecule has 0 saturated heterocycles. The lowest BCUT2D eigenvalue weighted by molar-refractivity contribution is 0.0707. The summed E-state index contributed by atoms with van der Waals surface area (Å²) in [7, 11) is 3.74. The fourth-order valence-electron chi connectivity index (χ4n) is 3.36. The van der Waals surface area contributed by atoms with Gasteiger partial charge in [0.15, 0.2) is 6.17 Å². The van der Waals surface area contributed by atoms with Crippen molar-refractivity contribution in [2.24, 2.45) is 0 Å². The summed E-state index contributed by atoms with van der Waals surface area (Å²) in [6.45, 7) is 0.525. The van der Waals surface area contributed by atoms with Crippen molar-refractivity contribution in [3.63, 3.8) is 0 Å². The Bertz CT molecular complexity index is 970. The first-order valence-corrected chi connectivity index (χ1v) is 8.66. The number of nitrogens with zero attached hydrogens (tertiary/aromatic N) is 5. The summed E-state index contributed by atoms with van der Waals surface area (Å²) >= 11 is 6.23. The third-order valence-electron chi connectivity index (χ3n) is 4.68. The number of fused-ring (bicyclic) bond motifs is 1. The van der Waals surface area contributed by atoms with Crippen LogP contribution in [-0.2, 0) is 6.54 Å². The molecule has 1 aliphatic heterocycles. The van der Waals surface area contributed by atoms with Gasteiger partial charge in [0.25, 0.3) is 5.91 Å². The molecule has 132 valence electrons. The molecular weight excluding hydrogens is 350 g/mol. The number of aromatic nitrogens is 3. The zero-order valence-corrected chi connectivity index (χ0v) is 15.3. The van der Waals surface area contributed by atoms with Gasteiger partial charge in [0, 0.05) is 19.1 Å². The topological polar surface area (TPSA) is 54.3 Å². The molecule has 1 aliphatic rings.